The second kappa shape index (κ2) is 6.70. The minimum atomic E-state index is -2.64. The molecule has 0 spiro atoms. The van der Waals surface area contributed by atoms with Gasteiger partial charge < -0.3 is 5.32 Å². The summed E-state index contributed by atoms with van der Waals surface area (Å²) in [7, 11) is 0. The maximum Gasteiger partial charge on any atom is 0.280 e. The van der Waals surface area contributed by atoms with Gasteiger partial charge in [0.2, 0.25) is 5.91 Å². The number of hydrogen-bond acceptors (Lipinski definition) is 3. The van der Waals surface area contributed by atoms with Crippen molar-refractivity contribution in [2.75, 3.05) is 0 Å². The van der Waals surface area contributed by atoms with Crippen LogP contribution in [0.1, 0.15) is 62.2 Å². The van der Waals surface area contributed by atoms with Crippen LogP contribution in [0.5, 0.6) is 0 Å². The van der Waals surface area contributed by atoms with Crippen LogP contribution in [-0.2, 0) is 17.9 Å². The monoisotopic (exact) mass is 337 g/mol. The normalized spacial score (nSPS) is 15.7. The third-order valence-electron chi connectivity index (χ3n) is 4.15. The first kappa shape index (κ1) is 16.6. The molecule has 2 heterocycles. The number of hydrogen-bond donors (Lipinski definition) is 1. The number of aromatic nitrogens is 4. The van der Waals surface area contributed by atoms with Gasteiger partial charge in [0.25, 0.3) is 6.43 Å². The number of nitrogens with one attached hydrogen (secondary N) is 1. The minimum Gasteiger partial charge on any atom is -0.346 e. The van der Waals surface area contributed by atoms with Crippen molar-refractivity contribution < 1.29 is 13.6 Å². The molecule has 130 valence electrons. The number of carbonyl (C=O) groups is 1. The van der Waals surface area contributed by atoms with Crippen molar-refractivity contribution in [3.05, 3.63) is 35.4 Å². The fourth-order valence-corrected chi connectivity index (χ4v) is 2.61. The quantitative estimate of drug-likeness (QED) is 0.845. The molecule has 0 aliphatic heterocycles. The van der Waals surface area contributed by atoms with Crippen molar-refractivity contribution in [3.63, 3.8) is 0 Å². The number of halogens is 2. The van der Waals surface area contributed by atoms with Crippen molar-refractivity contribution in [2.45, 2.75) is 58.2 Å². The molecule has 1 aliphatic carbocycles. The molecular weight excluding hydrogens is 316 g/mol. The third kappa shape index (κ3) is 3.63. The van der Waals surface area contributed by atoms with Gasteiger partial charge in [0, 0.05) is 18.7 Å². The molecule has 1 N–H and O–H groups in total. The zero-order chi connectivity index (χ0) is 17.3. The Hall–Kier alpha value is -2.25. The molecule has 1 fully saturated rings. The molecule has 2 aromatic rings. The predicted molar refractivity (Wildman–Crippen MR) is 83.6 cm³/mol. The van der Waals surface area contributed by atoms with Gasteiger partial charge >= 0.3 is 0 Å². The van der Waals surface area contributed by atoms with E-state index < -0.39 is 6.43 Å². The van der Waals surface area contributed by atoms with Crippen molar-refractivity contribution in [1.82, 2.24) is 24.9 Å². The van der Waals surface area contributed by atoms with Crippen LogP contribution < -0.4 is 5.32 Å². The van der Waals surface area contributed by atoms with Crippen LogP contribution in [0, 0.1) is 0 Å². The highest BCUT2D eigenvalue weighted by atomic mass is 19.3. The summed E-state index contributed by atoms with van der Waals surface area (Å²) in [5.74, 6) is -0.0929. The van der Waals surface area contributed by atoms with Crippen LogP contribution in [-0.4, -0.2) is 25.5 Å². The van der Waals surface area contributed by atoms with E-state index in [9.17, 15) is 13.6 Å². The predicted octanol–water partition coefficient (Wildman–Crippen LogP) is 2.79. The molecule has 1 saturated carbocycles. The van der Waals surface area contributed by atoms with E-state index in [0.717, 1.165) is 29.8 Å². The number of amides is 1. The fraction of sp³-hybridized carbons (Fsp3) is 0.562. The van der Waals surface area contributed by atoms with Gasteiger partial charge in [-0.15, -0.1) is 0 Å². The van der Waals surface area contributed by atoms with E-state index in [2.05, 4.69) is 15.5 Å². The molecular formula is C16H21F2N5O. The van der Waals surface area contributed by atoms with E-state index >= 15 is 0 Å². The lowest BCUT2D eigenvalue weighted by Crippen LogP contribution is -2.31. The molecule has 0 saturated heterocycles. The molecule has 0 bridgehead atoms. The number of alkyl halides is 2. The summed E-state index contributed by atoms with van der Waals surface area (Å²) in [6, 6.07) is 2.96. The van der Waals surface area contributed by atoms with Crippen molar-refractivity contribution in [1.29, 1.82) is 0 Å². The molecule has 1 aliphatic rings. The van der Waals surface area contributed by atoms with E-state index in [4.69, 9.17) is 0 Å². The lowest BCUT2D eigenvalue weighted by molar-refractivity contribution is -0.122. The van der Waals surface area contributed by atoms with E-state index in [1.807, 2.05) is 26.1 Å². The summed E-state index contributed by atoms with van der Waals surface area (Å²) in [6.07, 6.45) is 1.14. The van der Waals surface area contributed by atoms with Gasteiger partial charge in [-0.3, -0.25) is 14.2 Å². The van der Waals surface area contributed by atoms with E-state index in [-0.39, 0.29) is 30.1 Å². The van der Waals surface area contributed by atoms with Gasteiger partial charge in [-0.25, -0.2) is 8.78 Å². The van der Waals surface area contributed by atoms with Gasteiger partial charge in [-0.1, -0.05) is 0 Å². The Kier molecular flexibility index (Phi) is 4.64. The van der Waals surface area contributed by atoms with Gasteiger partial charge in [-0.05, 0) is 38.8 Å². The van der Waals surface area contributed by atoms with Crippen LogP contribution in [0.2, 0.25) is 0 Å². The second-order valence-electron chi connectivity index (χ2n) is 6.11. The Morgan fingerprint density at radius 3 is 2.75 bits per heavy atom. The third-order valence-corrected chi connectivity index (χ3v) is 4.15. The summed E-state index contributed by atoms with van der Waals surface area (Å²) in [5.41, 5.74) is 1.20. The summed E-state index contributed by atoms with van der Waals surface area (Å²) in [5, 5.41) is 11.3. The highest BCUT2D eigenvalue weighted by Crippen LogP contribution is 2.40. The number of carbonyl (C=O) groups excluding carboxylic acids is 1. The van der Waals surface area contributed by atoms with E-state index in [1.54, 1.807) is 4.68 Å². The molecule has 6 nitrogen and oxygen atoms in total. The number of nitrogens with zero attached hydrogens (tertiary/aromatic N) is 4. The van der Waals surface area contributed by atoms with Crippen molar-refractivity contribution in [3.8, 4) is 0 Å². The van der Waals surface area contributed by atoms with Gasteiger partial charge in [0.1, 0.15) is 12.2 Å². The molecule has 3 rings (SSSR count). The van der Waals surface area contributed by atoms with Crippen LogP contribution in [0.25, 0.3) is 0 Å². The SMILES string of the molecule is CCn1ccc(C(C)NC(=O)Cn2nc(C3CC3)cc2C(F)F)n1. The summed E-state index contributed by atoms with van der Waals surface area (Å²) >= 11 is 0. The van der Waals surface area contributed by atoms with Crippen molar-refractivity contribution in [2.24, 2.45) is 0 Å². The highest BCUT2D eigenvalue weighted by molar-refractivity contribution is 5.76. The van der Waals surface area contributed by atoms with Crippen LogP contribution >= 0.6 is 0 Å². The molecule has 0 aromatic carbocycles. The Labute approximate surface area is 138 Å². The Morgan fingerprint density at radius 2 is 2.17 bits per heavy atom. The molecule has 8 heteroatoms. The number of aryl methyl sites for hydroxylation is 1. The highest BCUT2D eigenvalue weighted by Gasteiger charge is 2.29. The number of rotatable bonds is 7. The maximum atomic E-state index is 13.1. The maximum absolute atomic E-state index is 13.1. The van der Waals surface area contributed by atoms with Crippen molar-refractivity contribution >= 4 is 5.91 Å². The Bertz CT molecular complexity index is 720. The largest absolute Gasteiger partial charge is 0.346 e. The zero-order valence-electron chi connectivity index (χ0n) is 13.7. The minimum absolute atomic E-state index is 0.199. The Balaban J connectivity index is 1.65. The summed E-state index contributed by atoms with van der Waals surface area (Å²) in [4.78, 5) is 12.2. The molecule has 2 aromatic heterocycles. The first-order chi connectivity index (χ1) is 11.5. The van der Waals surface area contributed by atoms with E-state index in [0.29, 0.717) is 5.69 Å². The first-order valence-electron chi connectivity index (χ1n) is 8.16. The topological polar surface area (TPSA) is 64.7 Å². The van der Waals surface area contributed by atoms with Gasteiger partial charge in [0.15, 0.2) is 0 Å². The molecule has 1 amide bonds. The summed E-state index contributed by atoms with van der Waals surface area (Å²) < 4.78 is 29.2. The van der Waals surface area contributed by atoms with Gasteiger partial charge in [0.05, 0.1) is 17.4 Å². The zero-order valence-corrected chi connectivity index (χ0v) is 13.7. The van der Waals surface area contributed by atoms with Gasteiger partial charge in [-0.2, -0.15) is 10.2 Å². The van der Waals surface area contributed by atoms with Crippen LogP contribution in [0.3, 0.4) is 0 Å². The lowest BCUT2D eigenvalue weighted by atomic mass is 10.2. The standard InChI is InChI=1S/C16H21F2N5O/c1-3-22-7-6-12(20-22)10(2)19-15(24)9-23-14(16(17)18)8-13(21-23)11-4-5-11/h6-8,10-11,16H,3-5,9H2,1-2H3,(H,19,24). The molecule has 0 radical (unpaired) electrons. The average molecular weight is 337 g/mol. The smallest absolute Gasteiger partial charge is 0.280 e. The van der Waals surface area contributed by atoms with Crippen LogP contribution in [0.15, 0.2) is 18.3 Å². The first-order valence-corrected chi connectivity index (χ1v) is 8.16. The molecule has 24 heavy (non-hydrogen) atoms. The fourth-order valence-electron chi connectivity index (χ4n) is 2.61. The summed E-state index contributed by atoms with van der Waals surface area (Å²) in [6.45, 7) is 4.31. The lowest BCUT2D eigenvalue weighted by Gasteiger charge is -2.12. The van der Waals surface area contributed by atoms with E-state index in [1.165, 1.54) is 6.07 Å². The van der Waals surface area contributed by atoms with Crippen LogP contribution in [0.4, 0.5) is 8.78 Å². The molecule has 1 unspecified atom stereocenters. The average Bonchev–Trinajstić information content (AvgIpc) is 3.11. The molecule has 1 atom stereocenters. The second-order valence-corrected chi connectivity index (χ2v) is 6.11. The Morgan fingerprint density at radius 1 is 1.42 bits per heavy atom.